The maximum absolute atomic E-state index is 13.3. The van der Waals surface area contributed by atoms with Crippen molar-refractivity contribution >= 4 is 15.8 Å². The molecule has 2 rings (SSSR count). The summed E-state index contributed by atoms with van der Waals surface area (Å²) in [7, 11) is -3.66. The van der Waals surface area contributed by atoms with E-state index < -0.39 is 44.8 Å². The standard InChI is InChI=1S/C13H15FO5S/c1-2-20(18,19)11-10(13(11,7-15)12(16)17)8-4-3-5-9(14)6-8/h3-6,10-11,15H,2,7H2,1H3,(H,16,17)/t10-,11-,13+/m1/s1. The molecule has 0 aromatic heterocycles. The molecule has 0 spiro atoms. The van der Waals surface area contributed by atoms with Gasteiger partial charge >= 0.3 is 5.97 Å². The van der Waals surface area contributed by atoms with E-state index in [-0.39, 0.29) is 11.3 Å². The zero-order chi connectivity index (χ0) is 15.1. The van der Waals surface area contributed by atoms with Crippen molar-refractivity contribution < 1.29 is 27.8 Å². The van der Waals surface area contributed by atoms with Crippen molar-refractivity contribution in [2.75, 3.05) is 12.4 Å². The summed E-state index contributed by atoms with van der Waals surface area (Å²) >= 11 is 0. The Bertz CT molecular complexity index is 642. The van der Waals surface area contributed by atoms with Gasteiger partial charge in [-0.25, -0.2) is 12.8 Å². The number of aliphatic carboxylic acids is 1. The number of carbonyl (C=O) groups is 1. The topological polar surface area (TPSA) is 91.7 Å². The average molecular weight is 302 g/mol. The van der Waals surface area contributed by atoms with Crippen LogP contribution in [0.1, 0.15) is 18.4 Å². The normalized spacial score (nSPS) is 29.1. The van der Waals surface area contributed by atoms with Crippen molar-refractivity contribution in [1.29, 1.82) is 0 Å². The number of carboxylic acids is 1. The van der Waals surface area contributed by atoms with Crippen LogP contribution < -0.4 is 0 Å². The number of sulfone groups is 1. The molecule has 1 aromatic rings. The fourth-order valence-corrected chi connectivity index (χ4v) is 4.85. The van der Waals surface area contributed by atoms with E-state index in [9.17, 15) is 27.8 Å². The number of hydrogen-bond donors (Lipinski definition) is 2. The van der Waals surface area contributed by atoms with Gasteiger partial charge in [0.25, 0.3) is 0 Å². The lowest BCUT2D eigenvalue weighted by Crippen LogP contribution is -2.28. The molecule has 0 heterocycles. The zero-order valence-corrected chi connectivity index (χ0v) is 11.6. The molecule has 0 saturated heterocycles. The molecule has 1 aliphatic carbocycles. The Hall–Kier alpha value is -1.47. The lowest BCUT2D eigenvalue weighted by Gasteiger charge is -2.08. The summed E-state index contributed by atoms with van der Waals surface area (Å²) in [6, 6.07) is 5.18. The third kappa shape index (κ3) is 2.01. The van der Waals surface area contributed by atoms with Crippen LogP contribution in [-0.2, 0) is 14.6 Å². The molecule has 5 nitrogen and oxygen atoms in total. The molecule has 0 amide bonds. The first-order chi connectivity index (χ1) is 9.31. The van der Waals surface area contributed by atoms with Gasteiger partial charge in [0.05, 0.1) is 11.9 Å². The van der Waals surface area contributed by atoms with Crippen LogP contribution in [0, 0.1) is 11.2 Å². The first-order valence-corrected chi connectivity index (χ1v) is 7.84. The van der Waals surface area contributed by atoms with Gasteiger partial charge in [0.2, 0.25) is 0 Å². The molecular weight excluding hydrogens is 287 g/mol. The summed E-state index contributed by atoms with van der Waals surface area (Å²) in [5.41, 5.74) is -1.49. The monoisotopic (exact) mass is 302 g/mol. The highest BCUT2D eigenvalue weighted by Gasteiger charge is 2.75. The van der Waals surface area contributed by atoms with Crippen LogP contribution in [0.4, 0.5) is 4.39 Å². The van der Waals surface area contributed by atoms with Gasteiger partial charge in [-0.05, 0) is 17.7 Å². The fourth-order valence-electron chi connectivity index (χ4n) is 2.79. The molecule has 20 heavy (non-hydrogen) atoms. The second-order valence-corrected chi connectivity index (χ2v) is 7.32. The Labute approximate surface area is 116 Å². The minimum absolute atomic E-state index is 0.224. The summed E-state index contributed by atoms with van der Waals surface area (Å²) in [6.07, 6.45) is 0. The SMILES string of the molecule is CCS(=O)(=O)[C@@H]1[C@@H](c2cccc(F)c2)[C@]1(CO)C(=O)O. The van der Waals surface area contributed by atoms with Crippen LogP contribution in [0.2, 0.25) is 0 Å². The summed E-state index contributed by atoms with van der Waals surface area (Å²) in [6.45, 7) is 0.619. The highest BCUT2D eigenvalue weighted by atomic mass is 32.2. The Kier molecular flexibility index (Phi) is 3.60. The third-order valence-corrected chi connectivity index (χ3v) is 6.18. The lowest BCUT2D eigenvalue weighted by molar-refractivity contribution is -0.145. The van der Waals surface area contributed by atoms with Gasteiger partial charge in [-0.2, -0.15) is 0 Å². The number of halogens is 1. The Morgan fingerprint density at radius 3 is 2.55 bits per heavy atom. The van der Waals surface area contributed by atoms with E-state index in [0.717, 1.165) is 6.07 Å². The van der Waals surface area contributed by atoms with Crippen LogP contribution in [0.15, 0.2) is 24.3 Å². The summed E-state index contributed by atoms with van der Waals surface area (Å²) in [5.74, 6) is -3.10. The number of aliphatic hydroxyl groups excluding tert-OH is 1. The van der Waals surface area contributed by atoms with Crippen LogP contribution in [0.3, 0.4) is 0 Å². The Balaban J connectivity index is 2.54. The molecule has 110 valence electrons. The average Bonchev–Trinajstić information content (AvgIpc) is 3.10. The summed E-state index contributed by atoms with van der Waals surface area (Å²) in [5, 5.41) is 17.5. The molecule has 1 fully saturated rings. The molecule has 0 bridgehead atoms. The lowest BCUT2D eigenvalue weighted by atomic mass is 10.00. The van der Waals surface area contributed by atoms with Gasteiger partial charge < -0.3 is 10.2 Å². The first kappa shape index (κ1) is 14.9. The quantitative estimate of drug-likeness (QED) is 0.839. The van der Waals surface area contributed by atoms with Gasteiger partial charge in [0.15, 0.2) is 9.84 Å². The van der Waals surface area contributed by atoms with Gasteiger partial charge in [0, 0.05) is 11.7 Å². The van der Waals surface area contributed by atoms with Crippen LogP contribution in [0.25, 0.3) is 0 Å². The van der Waals surface area contributed by atoms with Crippen molar-refractivity contribution in [1.82, 2.24) is 0 Å². The summed E-state index contributed by atoms with van der Waals surface area (Å²) < 4.78 is 37.3. The summed E-state index contributed by atoms with van der Waals surface area (Å²) in [4.78, 5) is 11.4. The molecule has 0 radical (unpaired) electrons. The van der Waals surface area contributed by atoms with Crippen molar-refractivity contribution in [3.63, 3.8) is 0 Å². The van der Waals surface area contributed by atoms with E-state index in [2.05, 4.69) is 0 Å². The first-order valence-electron chi connectivity index (χ1n) is 6.12. The van der Waals surface area contributed by atoms with E-state index >= 15 is 0 Å². The number of carboxylic acid groups (broad SMARTS) is 1. The van der Waals surface area contributed by atoms with E-state index in [1.54, 1.807) is 0 Å². The Morgan fingerprint density at radius 1 is 1.45 bits per heavy atom. The Morgan fingerprint density at radius 2 is 2.10 bits per heavy atom. The van der Waals surface area contributed by atoms with Crippen LogP contribution in [0.5, 0.6) is 0 Å². The van der Waals surface area contributed by atoms with Crippen molar-refractivity contribution in [2.45, 2.75) is 18.1 Å². The number of hydrogen-bond acceptors (Lipinski definition) is 4. The largest absolute Gasteiger partial charge is 0.481 e. The fraction of sp³-hybridized carbons (Fsp3) is 0.462. The smallest absolute Gasteiger partial charge is 0.314 e. The molecule has 0 unspecified atom stereocenters. The molecule has 1 saturated carbocycles. The number of aliphatic hydroxyl groups is 1. The van der Waals surface area contributed by atoms with Crippen molar-refractivity contribution in [3.8, 4) is 0 Å². The van der Waals surface area contributed by atoms with E-state index in [1.807, 2.05) is 0 Å². The molecular formula is C13H15FO5S. The van der Waals surface area contributed by atoms with Gasteiger partial charge in [0.1, 0.15) is 11.2 Å². The molecule has 0 aliphatic heterocycles. The molecule has 3 atom stereocenters. The second kappa shape index (κ2) is 4.82. The highest BCUT2D eigenvalue weighted by Crippen LogP contribution is 2.63. The number of rotatable bonds is 5. The number of benzene rings is 1. The minimum Gasteiger partial charge on any atom is -0.481 e. The van der Waals surface area contributed by atoms with E-state index in [0.29, 0.717) is 0 Å². The van der Waals surface area contributed by atoms with Crippen LogP contribution in [-0.4, -0.2) is 42.2 Å². The third-order valence-electron chi connectivity index (χ3n) is 3.91. The molecule has 1 aromatic carbocycles. The maximum Gasteiger partial charge on any atom is 0.314 e. The van der Waals surface area contributed by atoms with E-state index in [1.165, 1.54) is 25.1 Å². The molecule has 1 aliphatic rings. The molecule has 2 N–H and O–H groups in total. The molecule has 7 heteroatoms. The highest BCUT2D eigenvalue weighted by molar-refractivity contribution is 7.92. The van der Waals surface area contributed by atoms with Gasteiger partial charge in [-0.3, -0.25) is 4.79 Å². The maximum atomic E-state index is 13.3. The predicted octanol–water partition coefficient (Wildman–Crippen LogP) is 0.790. The zero-order valence-electron chi connectivity index (χ0n) is 10.8. The van der Waals surface area contributed by atoms with Gasteiger partial charge in [-0.1, -0.05) is 19.1 Å². The second-order valence-electron chi connectivity index (χ2n) is 4.91. The predicted molar refractivity (Wildman–Crippen MR) is 69.5 cm³/mol. The minimum atomic E-state index is -3.66. The van der Waals surface area contributed by atoms with Crippen molar-refractivity contribution in [3.05, 3.63) is 35.6 Å². The van der Waals surface area contributed by atoms with Crippen LogP contribution >= 0.6 is 0 Å². The van der Waals surface area contributed by atoms with E-state index in [4.69, 9.17) is 0 Å². The van der Waals surface area contributed by atoms with Crippen molar-refractivity contribution in [2.24, 2.45) is 5.41 Å². The van der Waals surface area contributed by atoms with Gasteiger partial charge in [-0.15, -0.1) is 0 Å².